The Kier molecular flexibility index (Phi) is 5.70. The molecular weight excluding hydrogens is 339 g/mol. The summed E-state index contributed by atoms with van der Waals surface area (Å²) in [7, 11) is -6.29. The molecule has 1 atom stereocenters. The van der Waals surface area contributed by atoms with Crippen LogP contribution < -0.4 is 4.74 Å². The maximum absolute atomic E-state index is 13.1. The summed E-state index contributed by atoms with van der Waals surface area (Å²) in [6.45, 7) is -1.50. The zero-order valence-electron chi connectivity index (χ0n) is 10.8. The monoisotopic (exact) mass is 350 g/mol. The second-order valence-corrected chi connectivity index (χ2v) is 5.49. The average Bonchev–Trinajstić information content (AvgIpc) is 2.36. The smallest absolute Gasteiger partial charge is 0.421 e. The molecule has 0 bridgehead atoms. The van der Waals surface area contributed by atoms with Gasteiger partial charge >= 0.3 is 21.5 Å². The van der Waals surface area contributed by atoms with E-state index in [0.717, 1.165) is 0 Å². The van der Waals surface area contributed by atoms with Crippen LogP contribution >= 0.6 is 0 Å². The van der Waals surface area contributed by atoms with Gasteiger partial charge in [0.2, 0.25) is 6.10 Å². The fourth-order valence-electron chi connectivity index (χ4n) is 1.36. The van der Waals surface area contributed by atoms with Gasteiger partial charge in [-0.25, -0.2) is 0 Å². The highest BCUT2D eigenvalue weighted by atomic mass is 32.2. The van der Waals surface area contributed by atoms with Gasteiger partial charge in [-0.1, -0.05) is 18.2 Å². The molecule has 0 spiro atoms. The third-order valence-electron chi connectivity index (χ3n) is 2.33. The molecule has 1 aromatic rings. The number of hydrogen-bond acceptors (Lipinski definition) is 4. The fraction of sp³-hybridized carbons (Fsp3) is 0.455. The predicted molar refractivity (Wildman–Crippen MR) is 64.2 cm³/mol. The molecule has 22 heavy (non-hydrogen) atoms. The van der Waals surface area contributed by atoms with Gasteiger partial charge in [0.1, 0.15) is 12.4 Å². The van der Waals surface area contributed by atoms with Crippen molar-refractivity contribution in [3.8, 4) is 5.75 Å². The molecule has 1 unspecified atom stereocenters. The number of para-hydroxylation sites is 1. The van der Waals surface area contributed by atoms with Gasteiger partial charge in [-0.15, -0.1) is 0 Å². The van der Waals surface area contributed by atoms with Gasteiger partial charge in [0.15, 0.2) is 0 Å². The van der Waals surface area contributed by atoms with Crippen LogP contribution in [0.3, 0.4) is 0 Å². The lowest BCUT2D eigenvalue weighted by molar-refractivity contribution is -0.265. The van der Waals surface area contributed by atoms with Gasteiger partial charge in [0, 0.05) is 0 Å². The van der Waals surface area contributed by atoms with Gasteiger partial charge in [-0.2, -0.15) is 30.4 Å². The van der Waals surface area contributed by atoms with Crippen molar-refractivity contribution in [1.29, 1.82) is 0 Å². The van der Waals surface area contributed by atoms with E-state index in [1.54, 1.807) is 18.2 Å². The first kappa shape index (κ1) is 18.6. The highest BCUT2D eigenvalue weighted by Gasteiger charge is 2.64. The molecule has 0 aliphatic rings. The van der Waals surface area contributed by atoms with Crippen LogP contribution in [0.5, 0.6) is 5.75 Å². The second-order valence-electron chi connectivity index (χ2n) is 3.99. The van der Waals surface area contributed by atoms with Crippen molar-refractivity contribution in [1.82, 2.24) is 0 Å². The topological polar surface area (TPSA) is 72.8 Å². The lowest BCUT2D eigenvalue weighted by Gasteiger charge is -2.26. The van der Waals surface area contributed by atoms with Gasteiger partial charge in [0.25, 0.3) is 0 Å². The molecule has 0 fully saturated rings. The zero-order valence-corrected chi connectivity index (χ0v) is 11.6. The van der Waals surface area contributed by atoms with Crippen LogP contribution in [0.15, 0.2) is 30.3 Å². The summed E-state index contributed by atoms with van der Waals surface area (Å²) in [6.07, 6.45) is -9.71. The quantitative estimate of drug-likeness (QED) is 0.465. The summed E-state index contributed by atoms with van der Waals surface area (Å²) in [5, 5.41) is -5.53. The van der Waals surface area contributed by atoms with Crippen molar-refractivity contribution in [2.75, 3.05) is 13.2 Å². The molecule has 0 amide bonds. The van der Waals surface area contributed by atoms with E-state index in [1.807, 2.05) is 0 Å². The van der Waals surface area contributed by atoms with E-state index < -0.39 is 40.9 Å². The molecule has 0 aromatic heterocycles. The lowest BCUT2D eigenvalue weighted by atomic mass is 10.3. The molecule has 1 rings (SSSR count). The molecule has 0 radical (unpaired) electrons. The fourth-order valence-corrected chi connectivity index (χ4v) is 1.83. The van der Waals surface area contributed by atoms with Crippen LogP contribution in [0.2, 0.25) is 0 Å². The van der Waals surface area contributed by atoms with E-state index in [2.05, 4.69) is 4.74 Å². The predicted octanol–water partition coefficient (Wildman–Crippen LogP) is 2.49. The third-order valence-corrected chi connectivity index (χ3v) is 3.23. The molecule has 11 heteroatoms. The van der Waals surface area contributed by atoms with Crippen molar-refractivity contribution in [2.45, 2.75) is 17.5 Å². The Morgan fingerprint density at radius 2 is 1.59 bits per heavy atom. The summed E-state index contributed by atoms with van der Waals surface area (Å²) >= 11 is 0. The Hall–Kier alpha value is -1.46. The standard InChI is InChI=1S/C11H11F5O5S/c12-10(13,14)9(11(15,16)22(17,18)19)21-7-6-20-8-4-2-1-3-5-8/h1-5,9H,6-7H2,(H,17,18,19). The first-order valence-electron chi connectivity index (χ1n) is 5.67. The number of benzene rings is 1. The molecule has 126 valence electrons. The van der Waals surface area contributed by atoms with Crippen molar-refractivity contribution in [2.24, 2.45) is 0 Å². The number of hydrogen-bond donors (Lipinski definition) is 1. The van der Waals surface area contributed by atoms with E-state index in [9.17, 15) is 30.4 Å². The SMILES string of the molecule is O=S(=O)(O)C(F)(F)C(OCCOc1ccccc1)C(F)(F)F. The molecule has 0 aliphatic carbocycles. The van der Waals surface area contributed by atoms with Gasteiger partial charge in [-0.3, -0.25) is 4.55 Å². The van der Waals surface area contributed by atoms with E-state index >= 15 is 0 Å². The van der Waals surface area contributed by atoms with Gasteiger partial charge in [0.05, 0.1) is 6.61 Å². The van der Waals surface area contributed by atoms with Crippen molar-refractivity contribution < 1.29 is 44.4 Å². The lowest BCUT2D eigenvalue weighted by Crippen LogP contribution is -2.51. The molecule has 0 saturated carbocycles. The minimum absolute atomic E-state index is 0.260. The van der Waals surface area contributed by atoms with E-state index in [1.165, 1.54) is 12.1 Å². The highest BCUT2D eigenvalue weighted by molar-refractivity contribution is 7.86. The summed E-state index contributed by atoms with van der Waals surface area (Å²) < 4.78 is 101. The minimum Gasteiger partial charge on any atom is -0.491 e. The largest absolute Gasteiger partial charge is 0.491 e. The molecule has 5 nitrogen and oxygen atoms in total. The Balaban J connectivity index is 2.68. The van der Waals surface area contributed by atoms with E-state index in [4.69, 9.17) is 9.29 Å². The van der Waals surface area contributed by atoms with Crippen molar-refractivity contribution >= 4 is 10.1 Å². The Labute approximate surface area is 122 Å². The molecular formula is C11H11F5O5S. The number of alkyl halides is 5. The normalized spacial score (nSPS) is 14.6. The summed E-state index contributed by atoms with van der Waals surface area (Å²) in [5.41, 5.74) is 0. The highest BCUT2D eigenvalue weighted by Crippen LogP contribution is 2.37. The van der Waals surface area contributed by atoms with E-state index in [-0.39, 0.29) is 5.75 Å². The van der Waals surface area contributed by atoms with Crippen LogP contribution in [-0.2, 0) is 14.9 Å². The Morgan fingerprint density at radius 1 is 1.05 bits per heavy atom. The number of ether oxygens (including phenoxy) is 2. The third kappa shape index (κ3) is 4.78. The second kappa shape index (κ2) is 6.75. The van der Waals surface area contributed by atoms with Crippen LogP contribution in [0.4, 0.5) is 22.0 Å². The van der Waals surface area contributed by atoms with Crippen LogP contribution in [0, 0.1) is 0 Å². The van der Waals surface area contributed by atoms with Crippen LogP contribution in [0.25, 0.3) is 0 Å². The number of rotatable bonds is 7. The zero-order chi connectivity index (χ0) is 17.0. The van der Waals surface area contributed by atoms with Gasteiger partial charge < -0.3 is 9.47 Å². The molecule has 0 heterocycles. The first-order chi connectivity index (χ1) is 9.96. The Morgan fingerprint density at radius 3 is 2.05 bits per heavy atom. The summed E-state index contributed by atoms with van der Waals surface area (Å²) in [4.78, 5) is 0. The van der Waals surface area contributed by atoms with Crippen LogP contribution in [0.1, 0.15) is 0 Å². The summed E-state index contributed by atoms with van der Waals surface area (Å²) in [6, 6.07) is 7.72. The van der Waals surface area contributed by atoms with E-state index in [0.29, 0.717) is 0 Å². The first-order valence-corrected chi connectivity index (χ1v) is 7.11. The molecule has 1 N–H and O–H groups in total. The maximum Gasteiger partial charge on any atom is 0.421 e. The van der Waals surface area contributed by atoms with Gasteiger partial charge in [-0.05, 0) is 12.1 Å². The molecule has 0 aliphatic heterocycles. The van der Waals surface area contributed by atoms with Crippen molar-refractivity contribution in [3.63, 3.8) is 0 Å². The minimum atomic E-state index is -6.29. The Bertz CT molecular complexity index is 572. The average molecular weight is 350 g/mol. The molecule has 0 saturated heterocycles. The van der Waals surface area contributed by atoms with Crippen molar-refractivity contribution in [3.05, 3.63) is 30.3 Å². The molecule has 1 aromatic carbocycles. The summed E-state index contributed by atoms with van der Waals surface area (Å²) in [5.74, 6) is 0.260. The maximum atomic E-state index is 13.1. The van der Waals surface area contributed by atoms with Crippen LogP contribution in [-0.4, -0.2) is 43.7 Å². The number of halogens is 5.